The van der Waals surface area contributed by atoms with E-state index in [1.54, 1.807) is 18.1 Å². The van der Waals surface area contributed by atoms with Gasteiger partial charge in [-0.3, -0.25) is 4.79 Å². The van der Waals surface area contributed by atoms with Crippen LogP contribution >= 0.6 is 0 Å². The zero-order valence-electron chi connectivity index (χ0n) is 8.61. The molecule has 2 aliphatic heterocycles. The van der Waals surface area contributed by atoms with Crippen molar-refractivity contribution in [1.29, 1.82) is 0 Å². The molecule has 0 fully saturated rings. The zero-order chi connectivity index (χ0) is 11.0. The second-order valence-corrected chi connectivity index (χ2v) is 3.50. The summed E-state index contributed by atoms with van der Waals surface area (Å²) in [5.74, 6) is -0.792. The normalized spacial score (nSPS) is 19.7. The van der Waals surface area contributed by atoms with Gasteiger partial charge in [0.25, 0.3) is 0 Å². The van der Waals surface area contributed by atoms with Crippen LogP contribution in [-0.2, 0) is 14.3 Å². The van der Waals surface area contributed by atoms with Gasteiger partial charge in [-0.05, 0) is 13.0 Å². The molecular formula is C11H11NO3. The SMILES string of the molecule is CC(=O)C1=C2C(=CC=CN2C)COC1=O. The number of Topliss-reactive ketones (excluding diaryl/α,β-unsaturated/α-hetero) is 1. The van der Waals surface area contributed by atoms with Crippen LogP contribution in [-0.4, -0.2) is 30.3 Å². The molecule has 4 nitrogen and oxygen atoms in total. The van der Waals surface area contributed by atoms with Crippen LogP contribution in [0.4, 0.5) is 0 Å². The van der Waals surface area contributed by atoms with E-state index in [1.807, 2.05) is 12.2 Å². The molecule has 4 heteroatoms. The van der Waals surface area contributed by atoms with E-state index in [1.165, 1.54) is 6.92 Å². The third-order valence-corrected chi connectivity index (χ3v) is 2.42. The van der Waals surface area contributed by atoms with E-state index in [2.05, 4.69) is 0 Å². The lowest BCUT2D eigenvalue weighted by atomic mass is 9.99. The predicted octanol–water partition coefficient (Wildman–Crippen LogP) is 0.772. The largest absolute Gasteiger partial charge is 0.457 e. The molecule has 0 atom stereocenters. The van der Waals surface area contributed by atoms with Crippen molar-refractivity contribution in [2.75, 3.05) is 13.7 Å². The lowest BCUT2D eigenvalue weighted by Crippen LogP contribution is -2.30. The molecule has 0 unspecified atom stereocenters. The van der Waals surface area contributed by atoms with Crippen LogP contribution in [0.5, 0.6) is 0 Å². The number of esters is 1. The van der Waals surface area contributed by atoms with Crippen LogP contribution in [0, 0.1) is 0 Å². The fourth-order valence-electron chi connectivity index (χ4n) is 1.74. The van der Waals surface area contributed by atoms with Crippen LogP contribution in [0.1, 0.15) is 6.92 Å². The number of fused-ring (bicyclic) bond motifs is 1. The third kappa shape index (κ3) is 1.48. The highest BCUT2D eigenvalue weighted by Gasteiger charge is 2.31. The fraction of sp³-hybridized carbons (Fsp3) is 0.273. The Hall–Kier alpha value is -1.84. The Morgan fingerprint density at radius 2 is 2.27 bits per heavy atom. The van der Waals surface area contributed by atoms with Crippen LogP contribution in [0.15, 0.2) is 35.2 Å². The fourth-order valence-corrected chi connectivity index (χ4v) is 1.74. The maximum Gasteiger partial charge on any atom is 0.344 e. The summed E-state index contributed by atoms with van der Waals surface area (Å²) in [4.78, 5) is 24.6. The van der Waals surface area contributed by atoms with Crippen LogP contribution in [0.3, 0.4) is 0 Å². The van der Waals surface area contributed by atoms with Gasteiger partial charge in [0.2, 0.25) is 0 Å². The average molecular weight is 205 g/mol. The third-order valence-electron chi connectivity index (χ3n) is 2.42. The van der Waals surface area contributed by atoms with Gasteiger partial charge in [0.05, 0.1) is 5.70 Å². The highest BCUT2D eigenvalue weighted by atomic mass is 16.5. The maximum absolute atomic E-state index is 11.5. The standard InChI is InChI=1S/C11H11NO3/c1-7(13)9-10-8(6-15-11(9)14)4-3-5-12(10)2/h3-5H,6H2,1-2H3. The molecule has 0 aliphatic carbocycles. The van der Waals surface area contributed by atoms with Gasteiger partial charge in [0.1, 0.15) is 12.2 Å². The summed E-state index contributed by atoms with van der Waals surface area (Å²) in [5.41, 5.74) is 1.67. The molecule has 0 amide bonds. The molecule has 0 aromatic carbocycles. The quantitative estimate of drug-likeness (QED) is 0.468. The topological polar surface area (TPSA) is 46.6 Å². The first kappa shape index (κ1) is 9.71. The van der Waals surface area contributed by atoms with Gasteiger partial charge in [-0.1, -0.05) is 6.08 Å². The van der Waals surface area contributed by atoms with Gasteiger partial charge < -0.3 is 9.64 Å². The Labute approximate surface area is 87.5 Å². The molecule has 2 heterocycles. The molecule has 0 spiro atoms. The number of ketones is 1. The Balaban J connectivity index is 2.61. The number of allylic oxidation sites excluding steroid dienone is 2. The van der Waals surface area contributed by atoms with E-state index in [0.717, 1.165) is 5.57 Å². The molecule has 15 heavy (non-hydrogen) atoms. The van der Waals surface area contributed by atoms with Crippen molar-refractivity contribution < 1.29 is 14.3 Å². The zero-order valence-corrected chi connectivity index (χ0v) is 8.61. The minimum absolute atomic E-state index is 0.138. The highest BCUT2D eigenvalue weighted by molar-refractivity contribution is 6.18. The Morgan fingerprint density at radius 3 is 2.93 bits per heavy atom. The second kappa shape index (κ2) is 3.38. The maximum atomic E-state index is 11.5. The van der Waals surface area contributed by atoms with Gasteiger partial charge in [0.15, 0.2) is 5.78 Å². The van der Waals surface area contributed by atoms with Gasteiger partial charge in [-0.25, -0.2) is 4.79 Å². The summed E-state index contributed by atoms with van der Waals surface area (Å²) < 4.78 is 4.92. The summed E-state index contributed by atoms with van der Waals surface area (Å²) in [6.07, 6.45) is 5.51. The van der Waals surface area contributed by atoms with Crippen LogP contribution in [0.25, 0.3) is 0 Å². The summed E-state index contributed by atoms with van der Waals surface area (Å²) in [5, 5.41) is 0. The molecule has 0 saturated heterocycles. The van der Waals surface area contributed by atoms with E-state index < -0.39 is 5.97 Å². The Morgan fingerprint density at radius 1 is 1.53 bits per heavy atom. The first-order valence-electron chi connectivity index (χ1n) is 4.64. The number of nitrogens with zero attached hydrogens (tertiary/aromatic N) is 1. The predicted molar refractivity (Wildman–Crippen MR) is 53.7 cm³/mol. The molecule has 78 valence electrons. The number of cyclic esters (lactones) is 1. The highest BCUT2D eigenvalue weighted by Crippen LogP contribution is 2.27. The molecule has 0 aromatic rings. The van der Waals surface area contributed by atoms with E-state index in [0.29, 0.717) is 5.70 Å². The minimum Gasteiger partial charge on any atom is -0.457 e. The van der Waals surface area contributed by atoms with Crippen molar-refractivity contribution in [3.63, 3.8) is 0 Å². The van der Waals surface area contributed by atoms with E-state index in [4.69, 9.17) is 4.74 Å². The first-order valence-corrected chi connectivity index (χ1v) is 4.64. The number of likely N-dealkylation sites (N-methyl/N-ethyl adjacent to an activating group) is 1. The van der Waals surface area contributed by atoms with Crippen molar-refractivity contribution in [3.8, 4) is 0 Å². The van der Waals surface area contributed by atoms with Crippen molar-refractivity contribution in [1.82, 2.24) is 4.90 Å². The number of rotatable bonds is 1. The first-order chi connectivity index (χ1) is 7.11. The number of hydrogen-bond acceptors (Lipinski definition) is 4. The molecule has 0 aromatic heterocycles. The molecule has 2 rings (SSSR count). The van der Waals surface area contributed by atoms with Crippen molar-refractivity contribution in [2.24, 2.45) is 0 Å². The van der Waals surface area contributed by atoms with Crippen LogP contribution in [0.2, 0.25) is 0 Å². The number of carbonyl (C=O) groups excluding carboxylic acids is 2. The van der Waals surface area contributed by atoms with E-state index in [-0.39, 0.29) is 18.0 Å². The average Bonchev–Trinajstić information content (AvgIpc) is 2.18. The lowest BCUT2D eigenvalue weighted by molar-refractivity contribution is -0.140. The molecule has 0 radical (unpaired) electrons. The smallest absolute Gasteiger partial charge is 0.344 e. The van der Waals surface area contributed by atoms with Gasteiger partial charge in [-0.15, -0.1) is 0 Å². The summed E-state index contributed by atoms with van der Waals surface area (Å²) in [6.45, 7) is 1.61. The van der Waals surface area contributed by atoms with Crippen molar-refractivity contribution >= 4 is 11.8 Å². The monoisotopic (exact) mass is 205 g/mol. The molecule has 2 aliphatic rings. The van der Waals surface area contributed by atoms with Crippen molar-refractivity contribution in [2.45, 2.75) is 6.92 Å². The van der Waals surface area contributed by atoms with Gasteiger partial charge in [0, 0.05) is 18.8 Å². The summed E-state index contributed by atoms with van der Waals surface area (Å²) >= 11 is 0. The van der Waals surface area contributed by atoms with E-state index >= 15 is 0 Å². The van der Waals surface area contributed by atoms with Gasteiger partial charge in [-0.2, -0.15) is 0 Å². The number of carbonyl (C=O) groups is 2. The van der Waals surface area contributed by atoms with Crippen LogP contribution < -0.4 is 0 Å². The second-order valence-electron chi connectivity index (χ2n) is 3.50. The van der Waals surface area contributed by atoms with Gasteiger partial charge >= 0.3 is 5.97 Å². The Kier molecular flexibility index (Phi) is 2.19. The molecule has 0 saturated carbocycles. The molecule has 0 bridgehead atoms. The summed E-state index contributed by atoms with van der Waals surface area (Å²) in [6, 6.07) is 0. The molecule has 0 N–H and O–H groups in total. The van der Waals surface area contributed by atoms with E-state index in [9.17, 15) is 9.59 Å². The van der Waals surface area contributed by atoms with Crippen molar-refractivity contribution in [3.05, 3.63) is 35.2 Å². The number of ether oxygens (including phenoxy) is 1. The molecular weight excluding hydrogens is 194 g/mol. The summed E-state index contributed by atoms with van der Waals surface area (Å²) in [7, 11) is 1.81. The lowest BCUT2D eigenvalue weighted by Gasteiger charge is -2.29. The minimum atomic E-state index is -0.531. The number of hydrogen-bond donors (Lipinski definition) is 0. The Bertz CT molecular complexity index is 429.